The normalized spacial score (nSPS) is 11.9. The van der Waals surface area contributed by atoms with Crippen molar-refractivity contribution in [2.75, 3.05) is 0 Å². The van der Waals surface area contributed by atoms with Crippen LogP contribution in [-0.2, 0) is 16.6 Å². The molecule has 0 fully saturated rings. The first-order valence-electron chi connectivity index (χ1n) is 6.32. The molecule has 0 spiro atoms. The van der Waals surface area contributed by atoms with Crippen LogP contribution < -0.4 is 4.72 Å². The number of aromatic nitrogens is 2. The first kappa shape index (κ1) is 15.1. The summed E-state index contributed by atoms with van der Waals surface area (Å²) in [6.45, 7) is 0.0546. The van der Waals surface area contributed by atoms with Crippen molar-refractivity contribution in [3.63, 3.8) is 0 Å². The van der Waals surface area contributed by atoms with Gasteiger partial charge >= 0.3 is 0 Å². The first-order valence-corrected chi connectivity index (χ1v) is 8.60. The second kappa shape index (κ2) is 5.79. The number of hydrogen-bond acceptors (Lipinski definition) is 3. The molecule has 8 heteroatoms. The first-order chi connectivity index (χ1) is 10.4. The van der Waals surface area contributed by atoms with Gasteiger partial charge in [-0.15, -0.1) is 0 Å². The highest BCUT2D eigenvalue weighted by atomic mass is 79.9. The molecule has 3 aromatic rings. The van der Waals surface area contributed by atoms with E-state index in [1.807, 2.05) is 18.3 Å². The molecular weight excluding hydrogens is 373 g/mol. The molecule has 2 aromatic heterocycles. The predicted molar refractivity (Wildman–Crippen MR) is 83.3 cm³/mol. The topological polar surface area (TPSA) is 63.5 Å². The van der Waals surface area contributed by atoms with Crippen molar-refractivity contribution in [2.24, 2.45) is 0 Å². The molecule has 0 bridgehead atoms. The van der Waals surface area contributed by atoms with Crippen LogP contribution in [0.3, 0.4) is 0 Å². The molecule has 0 aliphatic rings. The smallest absolute Gasteiger partial charge is 0.240 e. The van der Waals surface area contributed by atoms with Crippen LogP contribution in [0.2, 0.25) is 0 Å². The van der Waals surface area contributed by atoms with E-state index in [0.717, 1.165) is 22.3 Å². The van der Waals surface area contributed by atoms with Gasteiger partial charge in [-0.05, 0) is 52.3 Å². The zero-order valence-electron chi connectivity index (χ0n) is 11.2. The number of rotatable bonds is 4. The van der Waals surface area contributed by atoms with E-state index in [9.17, 15) is 12.8 Å². The van der Waals surface area contributed by atoms with Crippen molar-refractivity contribution < 1.29 is 12.8 Å². The third kappa shape index (κ3) is 3.18. The van der Waals surface area contributed by atoms with E-state index >= 15 is 0 Å². The second-order valence-corrected chi connectivity index (χ2v) is 7.31. The Kier molecular flexibility index (Phi) is 3.98. The average molecular weight is 384 g/mol. The van der Waals surface area contributed by atoms with E-state index in [2.05, 4.69) is 25.6 Å². The van der Waals surface area contributed by atoms with Crippen LogP contribution >= 0.6 is 15.9 Å². The van der Waals surface area contributed by atoms with E-state index in [1.165, 1.54) is 12.1 Å². The zero-order valence-corrected chi connectivity index (χ0v) is 13.6. The molecule has 22 heavy (non-hydrogen) atoms. The molecule has 0 saturated heterocycles. The summed E-state index contributed by atoms with van der Waals surface area (Å²) in [5.41, 5.74) is 1.31. The van der Waals surface area contributed by atoms with Crippen LogP contribution in [0.1, 0.15) is 5.69 Å². The van der Waals surface area contributed by atoms with E-state index in [-0.39, 0.29) is 11.4 Å². The number of pyridine rings is 1. The lowest BCUT2D eigenvalue weighted by molar-refractivity contribution is 0.579. The maximum atomic E-state index is 12.8. The Bertz CT molecular complexity index is 923. The zero-order chi connectivity index (χ0) is 15.7. The van der Waals surface area contributed by atoms with Gasteiger partial charge in [-0.1, -0.05) is 0 Å². The van der Waals surface area contributed by atoms with Crippen molar-refractivity contribution in [2.45, 2.75) is 11.4 Å². The molecule has 0 saturated carbocycles. The van der Waals surface area contributed by atoms with Crippen LogP contribution in [0.4, 0.5) is 4.39 Å². The van der Waals surface area contributed by atoms with Gasteiger partial charge in [0, 0.05) is 16.9 Å². The lowest BCUT2D eigenvalue weighted by Gasteiger charge is -2.04. The summed E-state index contributed by atoms with van der Waals surface area (Å²) in [4.78, 5) is 4.33. The summed E-state index contributed by atoms with van der Waals surface area (Å²) < 4.78 is 42.2. The summed E-state index contributed by atoms with van der Waals surface area (Å²) >= 11 is 3.36. The van der Waals surface area contributed by atoms with E-state index < -0.39 is 15.8 Å². The number of fused-ring (bicyclic) bond motifs is 1. The highest BCUT2D eigenvalue weighted by molar-refractivity contribution is 9.10. The van der Waals surface area contributed by atoms with Gasteiger partial charge in [0.1, 0.15) is 11.5 Å². The summed E-state index contributed by atoms with van der Waals surface area (Å²) in [6, 6.07) is 8.34. The number of sulfonamides is 1. The molecule has 0 atom stereocenters. The van der Waals surface area contributed by atoms with Crippen LogP contribution in [0.25, 0.3) is 5.65 Å². The van der Waals surface area contributed by atoms with E-state index in [0.29, 0.717) is 5.69 Å². The Hall–Kier alpha value is -1.77. The number of nitrogens with one attached hydrogen (secondary N) is 1. The Morgan fingerprint density at radius 3 is 2.59 bits per heavy atom. The van der Waals surface area contributed by atoms with Gasteiger partial charge in [0.05, 0.1) is 17.1 Å². The van der Waals surface area contributed by atoms with Gasteiger partial charge in [-0.3, -0.25) is 0 Å². The summed E-state index contributed by atoms with van der Waals surface area (Å²) in [7, 11) is -3.70. The Balaban J connectivity index is 1.79. The molecule has 0 unspecified atom stereocenters. The molecule has 114 valence electrons. The third-order valence-corrected chi connectivity index (χ3v) is 4.92. The Morgan fingerprint density at radius 1 is 1.14 bits per heavy atom. The van der Waals surface area contributed by atoms with Gasteiger partial charge in [0.2, 0.25) is 10.0 Å². The molecular formula is C14H11BrFN3O2S. The average Bonchev–Trinajstić information content (AvgIpc) is 2.88. The molecule has 0 aliphatic heterocycles. The van der Waals surface area contributed by atoms with Crippen molar-refractivity contribution in [1.29, 1.82) is 0 Å². The number of benzene rings is 1. The lowest BCUT2D eigenvalue weighted by atomic mass is 10.4. The fraction of sp³-hybridized carbons (Fsp3) is 0.0714. The predicted octanol–water partition coefficient (Wildman–Crippen LogP) is 2.71. The van der Waals surface area contributed by atoms with Gasteiger partial charge in [0.15, 0.2) is 0 Å². The molecule has 0 aliphatic carbocycles. The molecule has 1 aromatic carbocycles. The van der Waals surface area contributed by atoms with E-state index in [4.69, 9.17) is 0 Å². The third-order valence-electron chi connectivity index (χ3n) is 3.03. The van der Waals surface area contributed by atoms with Crippen LogP contribution in [-0.4, -0.2) is 17.8 Å². The highest BCUT2D eigenvalue weighted by Crippen LogP contribution is 2.14. The quantitative estimate of drug-likeness (QED) is 0.753. The van der Waals surface area contributed by atoms with Gasteiger partial charge in [0.25, 0.3) is 0 Å². The van der Waals surface area contributed by atoms with Crippen LogP contribution in [0.15, 0.2) is 58.2 Å². The number of imidazole rings is 1. The molecule has 3 rings (SSSR count). The Morgan fingerprint density at radius 2 is 1.86 bits per heavy atom. The van der Waals surface area contributed by atoms with Crippen LogP contribution in [0.5, 0.6) is 0 Å². The molecule has 2 heterocycles. The van der Waals surface area contributed by atoms with Gasteiger partial charge in [-0.25, -0.2) is 22.5 Å². The number of nitrogens with zero attached hydrogens (tertiary/aromatic N) is 2. The van der Waals surface area contributed by atoms with Crippen LogP contribution in [0, 0.1) is 5.82 Å². The minimum absolute atomic E-state index is 0.0143. The standard InChI is InChI=1S/C14H11BrFN3O2S/c15-10-1-6-14-18-12(9-19(14)8-10)7-17-22(20,21)13-4-2-11(16)3-5-13/h1-6,8-9,17H,7H2. The molecule has 0 amide bonds. The highest BCUT2D eigenvalue weighted by Gasteiger charge is 2.14. The molecule has 0 radical (unpaired) electrons. The fourth-order valence-corrected chi connectivity index (χ4v) is 3.32. The maximum absolute atomic E-state index is 12.8. The number of hydrogen-bond donors (Lipinski definition) is 1. The molecule has 5 nitrogen and oxygen atoms in total. The van der Waals surface area contributed by atoms with Gasteiger partial charge < -0.3 is 4.40 Å². The van der Waals surface area contributed by atoms with Gasteiger partial charge in [-0.2, -0.15) is 0 Å². The minimum atomic E-state index is -3.70. The summed E-state index contributed by atoms with van der Waals surface area (Å²) in [6.07, 6.45) is 3.58. The second-order valence-electron chi connectivity index (χ2n) is 4.62. The van der Waals surface area contributed by atoms with E-state index in [1.54, 1.807) is 10.6 Å². The lowest BCUT2D eigenvalue weighted by Crippen LogP contribution is -2.23. The number of halogens is 2. The van der Waals surface area contributed by atoms with Crippen molar-refractivity contribution in [3.05, 3.63) is 64.8 Å². The van der Waals surface area contributed by atoms with Crippen molar-refractivity contribution in [3.8, 4) is 0 Å². The fourth-order valence-electron chi connectivity index (χ4n) is 1.97. The monoisotopic (exact) mass is 383 g/mol. The minimum Gasteiger partial charge on any atom is -0.306 e. The van der Waals surface area contributed by atoms with Crippen molar-refractivity contribution in [1.82, 2.24) is 14.1 Å². The SMILES string of the molecule is O=S(=O)(NCc1cn2cc(Br)ccc2n1)c1ccc(F)cc1. The maximum Gasteiger partial charge on any atom is 0.240 e. The van der Waals surface area contributed by atoms with Crippen molar-refractivity contribution >= 4 is 31.6 Å². The summed E-state index contributed by atoms with van der Waals surface area (Å²) in [5, 5.41) is 0. The summed E-state index contributed by atoms with van der Waals surface area (Å²) in [5.74, 6) is -0.482. The molecule has 1 N–H and O–H groups in total. The largest absolute Gasteiger partial charge is 0.306 e. The Labute approximate surface area is 135 Å².